The van der Waals surface area contributed by atoms with E-state index in [1.165, 1.54) is 0 Å². The highest BCUT2D eigenvalue weighted by molar-refractivity contribution is 8.02. The summed E-state index contributed by atoms with van der Waals surface area (Å²) in [5.74, 6) is -1.15. The second-order valence-electron chi connectivity index (χ2n) is 12.4. The van der Waals surface area contributed by atoms with Gasteiger partial charge < -0.3 is 24.5 Å². The maximum Gasteiger partial charge on any atom is 0.247 e. The number of anilines is 1. The van der Waals surface area contributed by atoms with Gasteiger partial charge >= 0.3 is 0 Å². The van der Waals surface area contributed by atoms with Crippen LogP contribution in [0, 0.1) is 11.8 Å². The van der Waals surface area contributed by atoms with E-state index in [-0.39, 0.29) is 30.9 Å². The standard InChI is InChI=1S/C36H45N3O5S/c1-6-21-37(23-25-13-11-10-12-14-25)34(43)31-36-20-19-35(5,45-36)29(30(36)33(42)39(31)26(8-3)24-40)32(41)38(22-7-2)27-15-17-28(18-16-27)44-9-4/h6-7,10-18,26,29-31,40H,1-2,8-9,19-24H2,3-5H3/t26-,29+,30-,31?,35-,36?/m0/s1. The lowest BCUT2D eigenvalue weighted by Gasteiger charge is -2.39. The Morgan fingerprint density at radius 2 is 1.76 bits per heavy atom. The maximum absolute atomic E-state index is 14.8. The largest absolute Gasteiger partial charge is 0.494 e. The van der Waals surface area contributed by atoms with Gasteiger partial charge in [-0.15, -0.1) is 24.9 Å². The molecule has 45 heavy (non-hydrogen) atoms. The van der Waals surface area contributed by atoms with E-state index in [2.05, 4.69) is 20.1 Å². The molecule has 1 N–H and O–H groups in total. The number of fused-ring (bicyclic) bond motifs is 1. The number of thioether (sulfide) groups is 1. The van der Waals surface area contributed by atoms with Crippen molar-refractivity contribution in [3.63, 3.8) is 0 Å². The molecule has 3 aliphatic rings. The molecule has 2 bridgehead atoms. The van der Waals surface area contributed by atoms with E-state index >= 15 is 0 Å². The molecule has 0 aliphatic carbocycles. The molecular formula is C36H45N3O5S. The molecule has 3 heterocycles. The third-order valence-corrected chi connectivity index (χ3v) is 11.7. The number of carbonyl (C=O) groups excluding carboxylic acids is 3. The summed E-state index contributed by atoms with van der Waals surface area (Å²) in [6.45, 7) is 15.0. The Hall–Kier alpha value is -3.56. The van der Waals surface area contributed by atoms with E-state index in [9.17, 15) is 19.5 Å². The number of rotatable bonds is 14. The molecule has 5 rings (SSSR count). The summed E-state index contributed by atoms with van der Waals surface area (Å²) in [4.78, 5) is 49.2. The van der Waals surface area contributed by atoms with Gasteiger partial charge in [-0.05, 0) is 62.9 Å². The van der Waals surface area contributed by atoms with Crippen molar-refractivity contribution in [2.75, 3.05) is 31.2 Å². The van der Waals surface area contributed by atoms with Gasteiger partial charge in [-0.25, -0.2) is 0 Å². The van der Waals surface area contributed by atoms with Crippen LogP contribution in [0.2, 0.25) is 0 Å². The molecule has 3 saturated heterocycles. The highest BCUT2D eigenvalue weighted by Crippen LogP contribution is 2.72. The second kappa shape index (κ2) is 13.4. The second-order valence-corrected chi connectivity index (χ2v) is 14.3. The molecule has 2 unspecified atom stereocenters. The van der Waals surface area contributed by atoms with Crippen molar-refractivity contribution in [3.05, 3.63) is 85.5 Å². The highest BCUT2D eigenvalue weighted by Gasteiger charge is 2.78. The van der Waals surface area contributed by atoms with Crippen LogP contribution < -0.4 is 9.64 Å². The lowest BCUT2D eigenvalue weighted by Crippen LogP contribution is -2.57. The molecule has 3 aliphatic heterocycles. The fraction of sp³-hybridized carbons (Fsp3) is 0.472. The van der Waals surface area contributed by atoms with Crippen LogP contribution in [0.15, 0.2) is 79.9 Å². The quantitative estimate of drug-likeness (QED) is 0.293. The molecular weight excluding hydrogens is 586 g/mol. The number of carbonyl (C=O) groups is 3. The summed E-state index contributed by atoms with van der Waals surface area (Å²) in [5, 5.41) is 10.5. The predicted molar refractivity (Wildman–Crippen MR) is 179 cm³/mol. The van der Waals surface area contributed by atoms with Gasteiger partial charge in [0.1, 0.15) is 11.8 Å². The van der Waals surface area contributed by atoms with Crippen molar-refractivity contribution in [2.45, 2.75) is 68.2 Å². The van der Waals surface area contributed by atoms with Gasteiger partial charge in [0.05, 0.1) is 35.8 Å². The summed E-state index contributed by atoms with van der Waals surface area (Å²) in [5.41, 5.74) is 1.68. The highest BCUT2D eigenvalue weighted by atomic mass is 32.2. The van der Waals surface area contributed by atoms with E-state index in [0.717, 1.165) is 5.56 Å². The molecule has 1 spiro atoms. The van der Waals surface area contributed by atoms with Gasteiger partial charge in [0.25, 0.3) is 0 Å². The van der Waals surface area contributed by atoms with Crippen molar-refractivity contribution in [1.82, 2.24) is 9.80 Å². The van der Waals surface area contributed by atoms with Crippen molar-refractivity contribution < 1.29 is 24.2 Å². The zero-order valence-corrected chi connectivity index (χ0v) is 27.4. The van der Waals surface area contributed by atoms with E-state index in [0.29, 0.717) is 50.4 Å². The van der Waals surface area contributed by atoms with E-state index in [1.807, 2.05) is 68.4 Å². The molecule has 8 nitrogen and oxygen atoms in total. The van der Waals surface area contributed by atoms with Crippen molar-refractivity contribution in [1.29, 1.82) is 0 Å². The minimum Gasteiger partial charge on any atom is -0.494 e. The molecule has 240 valence electrons. The Labute approximate surface area is 271 Å². The lowest BCUT2D eigenvalue weighted by atomic mass is 9.66. The smallest absolute Gasteiger partial charge is 0.247 e. The Morgan fingerprint density at radius 1 is 1.07 bits per heavy atom. The third kappa shape index (κ3) is 5.69. The van der Waals surface area contributed by atoms with Crippen LogP contribution in [-0.2, 0) is 20.9 Å². The average molecular weight is 632 g/mol. The summed E-state index contributed by atoms with van der Waals surface area (Å²) < 4.78 is 4.29. The van der Waals surface area contributed by atoms with Crippen LogP contribution in [0.25, 0.3) is 0 Å². The van der Waals surface area contributed by atoms with Gasteiger partial charge in [0.15, 0.2) is 0 Å². The minimum absolute atomic E-state index is 0.147. The van der Waals surface area contributed by atoms with Crippen LogP contribution in [0.4, 0.5) is 5.69 Å². The third-order valence-electron chi connectivity index (χ3n) is 9.70. The van der Waals surface area contributed by atoms with E-state index in [4.69, 9.17) is 4.74 Å². The molecule has 0 aromatic heterocycles. The maximum atomic E-state index is 14.8. The normalized spacial score (nSPS) is 27.2. The molecule has 0 saturated carbocycles. The summed E-state index contributed by atoms with van der Waals surface area (Å²) >= 11 is 1.64. The molecule has 3 fully saturated rings. The van der Waals surface area contributed by atoms with Crippen LogP contribution in [-0.4, -0.2) is 80.5 Å². The van der Waals surface area contributed by atoms with Gasteiger partial charge in [0, 0.05) is 30.1 Å². The van der Waals surface area contributed by atoms with Gasteiger partial charge in [-0.3, -0.25) is 14.4 Å². The fourth-order valence-electron chi connectivity index (χ4n) is 7.70. The average Bonchev–Trinajstić information content (AvgIpc) is 3.61. The number of likely N-dealkylation sites (tertiary alicyclic amines) is 1. The molecule has 6 atom stereocenters. The Bertz CT molecular complexity index is 1410. The number of aliphatic hydroxyl groups is 1. The Morgan fingerprint density at radius 3 is 2.36 bits per heavy atom. The van der Waals surface area contributed by atoms with Crippen LogP contribution >= 0.6 is 11.8 Å². The SMILES string of the molecule is C=CCN(Cc1ccccc1)C(=O)C1N([C@@H](CC)CO)C(=O)[C@@H]2[C@H](C(=O)N(CC=C)c3ccc(OCC)cc3)[C@]3(C)CCC12S3. The van der Waals surface area contributed by atoms with Gasteiger partial charge in [-0.2, -0.15) is 0 Å². The van der Waals surface area contributed by atoms with Crippen LogP contribution in [0.3, 0.4) is 0 Å². The van der Waals surface area contributed by atoms with Gasteiger partial charge in [0.2, 0.25) is 17.7 Å². The summed E-state index contributed by atoms with van der Waals surface area (Å²) in [6.07, 6.45) is 5.23. The van der Waals surface area contributed by atoms with Crippen LogP contribution in [0.1, 0.15) is 45.6 Å². The fourth-order valence-corrected chi connectivity index (χ4v) is 10.0. The number of benzene rings is 2. The molecule has 9 heteroatoms. The zero-order valence-electron chi connectivity index (χ0n) is 26.6. The van der Waals surface area contributed by atoms with Crippen molar-refractivity contribution in [2.24, 2.45) is 11.8 Å². The number of ether oxygens (including phenoxy) is 1. The van der Waals surface area contributed by atoms with Crippen LogP contribution in [0.5, 0.6) is 5.75 Å². The van der Waals surface area contributed by atoms with Crippen molar-refractivity contribution >= 4 is 35.2 Å². The first-order valence-corrected chi connectivity index (χ1v) is 16.7. The first kappa shape index (κ1) is 32.8. The Kier molecular flexibility index (Phi) is 9.80. The number of hydrogen-bond donors (Lipinski definition) is 1. The van der Waals surface area contributed by atoms with E-state index < -0.39 is 33.4 Å². The first-order valence-electron chi connectivity index (χ1n) is 15.9. The lowest BCUT2D eigenvalue weighted by molar-refractivity contribution is -0.146. The first-order chi connectivity index (χ1) is 21.7. The Balaban J connectivity index is 1.56. The van der Waals surface area contributed by atoms with Crippen molar-refractivity contribution in [3.8, 4) is 5.75 Å². The topological polar surface area (TPSA) is 90.4 Å². The molecule has 3 amide bonds. The van der Waals surface area contributed by atoms with E-state index in [1.54, 1.807) is 38.6 Å². The summed E-state index contributed by atoms with van der Waals surface area (Å²) in [6, 6.07) is 15.8. The number of amides is 3. The number of nitrogens with zero attached hydrogens (tertiary/aromatic N) is 3. The summed E-state index contributed by atoms with van der Waals surface area (Å²) in [7, 11) is 0. The van der Waals surface area contributed by atoms with Gasteiger partial charge in [-0.1, -0.05) is 49.4 Å². The minimum atomic E-state index is -0.807. The molecule has 2 aromatic rings. The number of hydrogen-bond acceptors (Lipinski definition) is 6. The zero-order chi connectivity index (χ0) is 32.4. The monoisotopic (exact) mass is 631 g/mol. The predicted octanol–water partition coefficient (Wildman–Crippen LogP) is 5.07. The molecule has 0 radical (unpaired) electrons. The number of aliphatic hydroxyl groups excluding tert-OH is 1. The molecule has 2 aromatic carbocycles.